The molecule has 2 amide bonds. The highest BCUT2D eigenvalue weighted by molar-refractivity contribution is 6.05. The normalized spacial score (nSPS) is 19.6. The van der Waals surface area contributed by atoms with Crippen molar-refractivity contribution in [1.82, 2.24) is 4.90 Å². The molecular formula is C28H34N2O6. The van der Waals surface area contributed by atoms with Crippen LogP contribution < -0.4 is 24.3 Å². The minimum atomic E-state index is -0.146. The second-order valence-corrected chi connectivity index (χ2v) is 9.64. The molecule has 2 fully saturated rings. The number of methoxy groups -OCH3 is 2. The van der Waals surface area contributed by atoms with Crippen molar-refractivity contribution in [2.45, 2.75) is 51.0 Å². The third-order valence-corrected chi connectivity index (χ3v) is 7.45. The Bertz CT molecular complexity index is 1130. The van der Waals surface area contributed by atoms with Crippen molar-refractivity contribution in [3.8, 4) is 23.0 Å². The van der Waals surface area contributed by atoms with Crippen LogP contribution in [0.25, 0.3) is 0 Å². The van der Waals surface area contributed by atoms with Gasteiger partial charge in [-0.2, -0.15) is 0 Å². The van der Waals surface area contributed by atoms with Crippen LogP contribution in [0, 0.1) is 5.92 Å². The van der Waals surface area contributed by atoms with Crippen molar-refractivity contribution < 1.29 is 28.5 Å². The van der Waals surface area contributed by atoms with Crippen molar-refractivity contribution in [3.05, 3.63) is 41.5 Å². The highest BCUT2D eigenvalue weighted by Crippen LogP contribution is 2.41. The van der Waals surface area contributed by atoms with Crippen molar-refractivity contribution >= 4 is 17.5 Å². The van der Waals surface area contributed by atoms with Crippen LogP contribution >= 0.6 is 0 Å². The smallest absolute Gasteiger partial charge is 0.256 e. The Hall–Kier alpha value is -3.42. The fourth-order valence-corrected chi connectivity index (χ4v) is 5.54. The zero-order valence-corrected chi connectivity index (χ0v) is 21.0. The SMILES string of the molecule is COc1cc(NC(=O)C2CCCCC2)c(C(=O)N2CCCC2c2ccc3c(c2)OCCO3)cc1OC. The number of carbonyl (C=O) groups is 2. The molecule has 36 heavy (non-hydrogen) atoms. The first-order valence-electron chi connectivity index (χ1n) is 12.9. The predicted octanol–water partition coefficient (Wildman–Crippen LogP) is 4.97. The second-order valence-electron chi connectivity index (χ2n) is 9.64. The van der Waals surface area contributed by atoms with Crippen LogP contribution in [0.2, 0.25) is 0 Å². The van der Waals surface area contributed by atoms with E-state index in [9.17, 15) is 9.59 Å². The first-order valence-corrected chi connectivity index (χ1v) is 12.9. The van der Waals surface area contributed by atoms with Crippen LogP contribution in [0.1, 0.15) is 66.9 Å². The number of nitrogens with zero attached hydrogens (tertiary/aromatic N) is 1. The third-order valence-electron chi connectivity index (χ3n) is 7.45. The van der Waals surface area contributed by atoms with Gasteiger partial charge in [0.2, 0.25) is 5.91 Å². The maximum atomic E-state index is 14.0. The molecule has 2 heterocycles. The summed E-state index contributed by atoms with van der Waals surface area (Å²) in [5, 5.41) is 3.05. The molecule has 1 atom stereocenters. The molecule has 1 saturated carbocycles. The Morgan fingerprint density at radius 1 is 0.889 bits per heavy atom. The summed E-state index contributed by atoms with van der Waals surface area (Å²) in [5.74, 6) is 2.14. The number of rotatable bonds is 6. The summed E-state index contributed by atoms with van der Waals surface area (Å²) < 4.78 is 22.4. The molecule has 1 N–H and O–H groups in total. The number of nitrogens with one attached hydrogen (secondary N) is 1. The van der Waals surface area contributed by atoms with Gasteiger partial charge in [0.25, 0.3) is 5.91 Å². The van der Waals surface area contributed by atoms with E-state index in [1.165, 1.54) is 6.42 Å². The molecule has 192 valence electrons. The van der Waals surface area contributed by atoms with Gasteiger partial charge < -0.3 is 29.2 Å². The Kier molecular flexibility index (Phi) is 7.20. The molecule has 1 saturated heterocycles. The molecular weight excluding hydrogens is 460 g/mol. The lowest BCUT2D eigenvalue weighted by atomic mass is 9.88. The van der Waals surface area contributed by atoms with E-state index in [0.29, 0.717) is 48.3 Å². The highest BCUT2D eigenvalue weighted by Gasteiger charge is 2.34. The number of hydrogen-bond donors (Lipinski definition) is 1. The fraction of sp³-hybridized carbons (Fsp3) is 0.500. The standard InChI is InChI=1S/C28H34N2O6/c1-33-24-16-20(21(17-25(24)34-2)29-27(31)18-7-4-3-5-8-18)28(32)30-12-6-9-22(30)19-10-11-23-26(15-19)36-14-13-35-23/h10-11,15-18,22H,3-9,12-14H2,1-2H3,(H,29,31). The first kappa shape index (κ1) is 24.3. The van der Waals surface area contributed by atoms with E-state index in [0.717, 1.165) is 49.8 Å². The van der Waals surface area contributed by atoms with Crippen LogP contribution in [0.3, 0.4) is 0 Å². The molecule has 0 spiro atoms. The van der Waals surface area contributed by atoms with Gasteiger partial charge in [-0.3, -0.25) is 9.59 Å². The lowest BCUT2D eigenvalue weighted by Crippen LogP contribution is -2.32. The Balaban J connectivity index is 1.45. The maximum absolute atomic E-state index is 14.0. The van der Waals surface area contributed by atoms with Crippen LogP contribution in [0.5, 0.6) is 23.0 Å². The summed E-state index contributed by atoms with van der Waals surface area (Å²) in [6, 6.07) is 9.17. The van der Waals surface area contributed by atoms with Gasteiger partial charge in [-0.05, 0) is 49.4 Å². The molecule has 2 aromatic rings. The van der Waals surface area contributed by atoms with Gasteiger partial charge in [0.15, 0.2) is 23.0 Å². The van der Waals surface area contributed by atoms with Crippen molar-refractivity contribution in [1.29, 1.82) is 0 Å². The van der Waals surface area contributed by atoms with Gasteiger partial charge in [0.1, 0.15) is 13.2 Å². The molecule has 0 aromatic heterocycles. The Labute approximate surface area is 211 Å². The van der Waals surface area contributed by atoms with Crippen LogP contribution in [0.4, 0.5) is 5.69 Å². The van der Waals surface area contributed by atoms with E-state index in [1.54, 1.807) is 26.4 Å². The summed E-state index contributed by atoms with van der Waals surface area (Å²) >= 11 is 0. The number of likely N-dealkylation sites (tertiary alicyclic amines) is 1. The number of benzene rings is 2. The molecule has 0 radical (unpaired) electrons. The Morgan fingerprint density at radius 2 is 1.61 bits per heavy atom. The zero-order valence-electron chi connectivity index (χ0n) is 21.0. The van der Waals surface area contributed by atoms with Crippen molar-refractivity contribution in [2.24, 2.45) is 5.92 Å². The van der Waals surface area contributed by atoms with E-state index in [-0.39, 0.29) is 23.8 Å². The molecule has 0 bridgehead atoms. The summed E-state index contributed by atoms with van der Waals surface area (Å²) in [6.07, 6.45) is 6.77. The first-order chi connectivity index (χ1) is 17.6. The van der Waals surface area contributed by atoms with Crippen molar-refractivity contribution in [3.63, 3.8) is 0 Å². The quantitative estimate of drug-likeness (QED) is 0.610. The van der Waals surface area contributed by atoms with Crippen LogP contribution in [-0.2, 0) is 4.79 Å². The number of hydrogen-bond acceptors (Lipinski definition) is 6. The molecule has 3 aliphatic rings. The summed E-state index contributed by atoms with van der Waals surface area (Å²) in [6.45, 7) is 1.68. The maximum Gasteiger partial charge on any atom is 0.256 e. The topological polar surface area (TPSA) is 86.3 Å². The third kappa shape index (κ3) is 4.81. The number of carbonyl (C=O) groups excluding carboxylic acids is 2. The molecule has 2 aromatic carbocycles. The van der Waals surface area contributed by atoms with E-state index >= 15 is 0 Å². The average Bonchev–Trinajstić information content (AvgIpc) is 3.42. The number of amides is 2. The second kappa shape index (κ2) is 10.7. The molecule has 1 aliphatic carbocycles. The predicted molar refractivity (Wildman–Crippen MR) is 135 cm³/mol. The van der Waals surface area contributed by atoms with Crippen molar-refractivity contribution in [2.75, 3.05) is 39.3 Å². The molecule has 2 aliphatic heterocycles. The van der Waals surface area contributed by atoms with Gasteiger partial charge in [-0.25, -0.2) is 0 Å². The number of fused-ring (bicyclic) bond motifs is 1. The van der Waals surface area contributed by atoms with Gasteiger partial charge in [-0.15, -0.1) is 0 Å². The minimum absolute atomic E-state index is 0.0351. The van der Waals surface area contributed by atoms with E-state index in [4.69, 9.17) is 18.9 Å². The zero-order chi connectivity index (χ0) is 25.1. The summed E-state index contributed by atoms with van der Waals surface area (Å²) in [7, 11) is 3.09. The van der Waals surface area contributed by atoms with Crippen LogP contribution in [0.15, 0.2) is 30.3 Å². The highest BCUT2D eigenvalue weighted by atomic mass is 16.6. The number of anilines is 1. The molecule has 5 rings (SSSR count). The van der Waals surface area contributed by atoms with E-state index in [1.807, 2.05) is 23.1 Å². The summed E-state index contributed by atoms with van der Waals surface area (Å²) in [5.41, 5.74) is 1.88. The Morgan fingerprint density at radius 3 is 2.36 bits per heavy atom. The van der Waals surface area contributed by atoms with E-state index < -0.39 is 0 Å². The molecule has 1 unspecified atom stereocenters. The number of ether oxygens (including phenoxy) is 4. The van der Waals surface area contributed by atoms with Gasteiger partial charge in [0.05, 0.1) is 31.5 Å². The summed E-state index contributed by atoms with van der Waals surface area (Å²) in [4.78, 5) is 29.0. The average molecular weight is 495 g/mol. The van der Waals surface area contributed by atoms with E-state index in [2.05, 4.69) is 5.32 Å². The van der Waals surface area contributed by atoms with Gasteiger partial charge in [0, 0.05) is 18.5 Å². The molecule has 8 heteroatoms. The van der Waals surface area contributed by atoms with Gasteiger partial charge >= 0.3 is 0 Å². The fourth-order valence-electron chi connectivity index (χ4n) is 5.54. The molecule has 8 nitrogen and oxygen atoms in total. The lowest BCUT2D eigenvalue weighted by molar-refractivity contribution is -0.120. The van der Waals surface area contributed by atoms with Gasteiger partial charge in [-0.1, -0.05) is 25.3 Å². The largest absolute Gasteiger partial charge is 0.493 e. The monoisotopic (exact) mass is 494 g/mol. The lowest BCUT2D eigenvalue weighted by Gasteiger charge is -2.28. The van der Waals surface area contributed by atoms with Crippen LogP contribution in [-0.4, -0.2) is 50.7 Å². The minimum Gasteiger partial charge on any atom is -0.493 e.